The summed E-state index contributed by atoms with van der Waals surface area (Å²) in [6.07, 6.45) is 3.14. The largest absolute Gasteiger partial charge is 0.489 e. The molecule has 0 aromatic heterocycles. The summed E-state index contributed by atoms with van der Waals surface area (Å²) in [7, 11) is 0. The standard InChI is InChI=1S/C22H24ClN3O3/c1-4-13-29-19-8-6-5-7-17(19)14-24-26-22(28)20(15(2)3)25-21(27)16-9-11-18(23)12-10-16/h4-12,14-15,20H,1,13H2,2-3H3,(H,25,27)(H,26,28). The van der Waals surface area contributed by atoms with Gasteiger partial charge in [-0.25, -0.2) is 5.43 Å². The number of hydrogen-bond donors (Lipinski definition) is 2. The van der Waals surface area contributed by atoms with Gasteiger partial charge in [-0.1, -0.05) is 50.2 Å². The fraction of sp³-hybridized carbons (Fsp3) is 0.227. The minimum Gasteiger partial charge on any atom is -0.489 e. The Kier molecular flexibility index (Phi) is 8.43. The van der Waals surface area contributed by atoms with Gasteiger partial charge in [-0.2, -0.15) is 5.10 Å². The molecular weight excluding hydrogens is 390 g/mol. The molecule has 2 N–H and O–H groups in total. The second-order valence-electron chi connectivity index (χ2n) is 6.57. The Morgan fingerprint density at radius 2 is 1.86 bits per heavy atom. The summed E-state index contributed by atoms with van der Waals surface area (Å²) in [5.74, 6) is -0.280. The number of nitrogens with one attached hydrogen (secondary N) is 2. The molecule has 0 heterocycles. The van der Waals surface area contributed by atoms with Crippen LogP contribution in [-0.2, 0) is 4.79 Å². The Bertz CT molecular complexity index is 879. The van der Waals surface area contributed by atoms with Crippen LogP contribution in [0, 0.1) is 5.92 Å². The lowest BCUT2D eigenvalue weighted by Crippen LogP contribution is -2.48. The fourth-order valence-electron chi connectivity index (χ4n) is 2.46. The Morgan fingerprint density at radius 1 is 1.17 bits per heavy atom. The zero-order valence-electron chi connectivity index (χ0n) is 16.4. The molecule has 1 unspecified atom stereocenters. The van der Waals surface area contributed by atoms with E-state index in [2.05, 4.69) is 22.4 Å². The number of para-hydroxylation sites is 1. The lowest BCUT2D eigenvalue weighted by molar-refractivity contribution is -0.123. The van der Waals surface area contributed by atoms with Crippen LogP contribution in [0.2, 0.25) is 5.02 Å². The molecule has 0 aliphatic heterocycles. The number of halogens is 1. The lowest BCUT2D eigenvalue weighted by Gasteiger charge is -2.20. The van der Waals surface area contributed by atoms with Crippen molar-refractivity contribution < 1.29 is 14.3 Å². The van der Waals surface area contributed by atoms with Gasteiger partial charge in [-0.05, 0) is 42.3 Å². The third-order valence-corrected chi connectivity index (χ3v) is 4.25. The van der Waals surface area contributed by atoms with Crippen LogP contribution in [0.1, 0.15) is 29.8 Å². The van der Waals surface area contributed by atoms with Crippen molar-refractivity contribution in [3.05, 3.63) is 77.3 Å². The highest BCUT2D eigenvalue weighted by Crippen LogP contribution is 2.15. The number of hydrazone groups is 1. The number of nitrogens with zero attached hydrogens (tertiary/aromatic N) is 1. The summed E-state index contributed by atoms with van der Waals surface area (Å²) in [6.45, 7) is 7.67. The van der Waals surface area contributed by atoms with Gasteiger partial charge in [-0.15, -0.1) is 0 Å². The summed E-state index contributed by atoms with van der Waals surface area (Å²) in [5, 5.41) is 7.28. The molecule has 0 spiro atoms. The van der Waals surface area contributed by atoms with Crippen LogP contribution in [-0.4, -0.2) is 30.7 Å². The van der Waals surface area contributed by atoms with E-state index in [-0.39, 0.29) is 11.8 Å². The molecule has 2 rings (SSSR count). The van der Waals surface area contributed by atoms with E-state index in [0.29, 0.717) is 28.5 Å². The lowest BCUT2D eigenvalue weighted by atomic mass is 10.0. The minimum atomic E-state index is -0.748. The summed E-state index contributed by atoms with van der Waals surface area (Å²) in [6, 6.07) is 13.0. The van der Waals surface area contributed by atoms with Gasteiger partial charge in [0.25, 0.3) is 11.8 Å². The zero-order chi connectivity index (χ0) is 21.2. The normalized spacial score (nSPS) is 11.9. The number of amides is 2. The maximum Gasteiger partial charge on any atom is 0.262 e. The van der Waals surface area contributed by atoms with E-state index in [1.807, 2.05) is 32.0 Å². The topological polar surface area (TPSA) is 79.8 Å². The third-order valence-electron chi connectivity index (χ3n) is 4.00. The Labute approximate surface area is 175 Å². The van der Waals surface area contributed by atoms with Crippen molar-refractivity contribution in [2.75, 3.05) is 6.61 Å². The SMILES string of the molecule is C=CCOc1ccccc1C=NNC(=O)C(NC(=O)c1ccc(Cl)cc1)C(C)C. The molecule has 0 saturated carbocycles. The highest BCUT2D eigenvalue weighted by atomic mass is 35.5. The quantitative estimate of drug-likeness (QED) is 0.372. The molecule has 6 nitrogen and oxygen atoms in total. The number of benzene rings is 2. The molecule has 0 aliphatic carbocycles. The number of carbonyl (C=O) groups is 2. The van der Waals surface area contributed by atoms with Crippen LogP contribution >= 0.6 is 11.6 Å². The first kappa shape index (κ1) is 22.2. The van der Waals surface area contributed by atoms with E-state index in [1.165, 1.54) is 6.21 Å². The fourth-order valence-corrected chi connectivity index (χ4v) is 2.59. The van der Waals surface area contributed by atoms with Gasteiger partial charge in [0.2, 0.25) is 0 Å². The van der Waals surface area contributed by atoms with Crippen LogP contribution < -0.4 is 15.5 Å². The number of hydrogen-bond acceptors (Lipinski definition) is 4. The molecule has 2 amide bonds. The monoisotopic (exact) mass is 413 g/mol. The van der Waals surface area contributed by atoms with Gasteiger partial charge >= 0.3 is 0 Å². The van der Waals surface area contributed by atoms with Crippen molar-refractivity contribution in [3.63, 3.8) is 0 Å². The van der Waals surface area contributed by atoms with Gasteiger partial charge in [-0.3, -0.25) is 9.59 Å². The van der Waals surface area contributed by atoms with Gasteiger partial charge in [0, 0.05) is 16.1 Å². The van der Waals surface area contributed by atoms with E-state index < -0.39 is 11.9 Å². The highest BCUT2D eigenvalue weighted by Gasteiger charge is 2.24. The average molecular weight is 414 g/mol. The van der Waals surface area contributed by atoms with Crippen LogP contribution in [0.15, 0.2) is 66.3 Å². The van der Waals surface area contributed by atoms with Gasteiger partial charge in [0.05, 0.1) is 6.21 Å². The molecular formula is C22H24ClN3O3. The van der Waals surface area contributed by atoms with E-state index >= 15 is 0 Å². The third kappa shape index (κ3) is 6.76. The second kappa shape index (κ2) is 11.0. The summed E-state index contributed by atoms with van der Waals surface area (Å²) >= 11 is 5.84. The molecule has 7 heteroatoms. The maximum absolute atomic E-state index is 12.5. The van der Waals surface area contributed by atoms with E-state index in [4.69, 9.17) is 16.3 Å². The van der Waals surface area contributed by atoms with Crippen LogP contribution in [0.5, 0.6) is 5.75 Å². The zero-order valence-corrected chi connectivity index (χ0v) is 17.1. The second-order valence-corrected chi connectivity index (χ2v) is 7.01. The maximum atomic E-state index is 12.5. The first-order valence-corrected chi connectivity index (χ1v) is 9.52. The molecule has 1 atom stereocenters. The molecule has 29 heavy (non-hydrogen) atoms. The van der Waals surface area contributed by atoms with Gasteiger partial charge in [0.15, 0.2) is 0 Å². The molecule has 0 saturated heterocycles. The molecule has 0 fully saturated rings. The van der Waals surface area contributed by atoms with Gasteiger partial charge < -0.3 is 10.1 Å². The minimum absolute atomic E-state index is 0.135. The van der Waals surface area contributed by atoms with Crippen molar-refractivity contribution in [1.29, 1.82) is 0 Å². The van der Waals surface area contributed by atoms with Crippen LogP contribution in [0.25, 0.3) is 0 Å². The summed E-state index contributed by atoms with van der Waals surface area (Å²) in [4.78, 5) is 25.0. The molecule has 152 valence electrons. The van der Waals surface area contributed by atoms with E-state index in [1.54, 1.807) is 36.4 Å². The van der Waals surface area contributed by atoms with E-state index in [0.717, 1.165) is 0 Å². The Morgan fingerprint density at radius 3 is 2.52 bits per heavy atom. The molecule has 0 bridgehead atoms. The van der Waals surface area contributed by atoms with Crippen molar-refractivity contribution >= 4 is 29.6 Å². The van der Waals surface area contributed by atoms with Crippen LogP contribution in [0.3, 0.4) is 0 Å². The Hall–Kier alpha value is -3.12. The van der Waals surface area contributed by atoms with Crippen LogP contribution in [0.4, 0.5) is 0 Å². The predicted molar refractivity (Wildman–Crippen MR) is 115 cm³/mol. The first-order valence-electron chi connectivity index (χ1n) is 9.14. The summed E-state index contributed by atoms with van der Waals surface area (Å²) in [5.41, 5.74) is 3.61. The van der Waals surface area contributed by atoms with E-state index in [9.17, 15) is 9.59 Å². The highest BCUT2D eigenvalue weighted by molar-refractivity contribution is 6.30. The molecule has 0 radical (unpaired) electrons. The first-order chi connectivity index (χ1) is 13.9. The molecule has 2 aromatic rings. The molecule has 0 aliphatic rings. The van der Waals surface area contributed by atoms with Crippen molar-refractivity contribution in [1.82, 2.24) is 10.7 Å². The Balaban J connectivity index is 2.03. The summed E-state index contributed by atoms with van der Waals surface area (Å²) < 4.78 is 5.55. The smallest absolute Gasteiger partial charge is 0.262 e. The number of rotatable bonds is 9. The van der Waals surface area contributed by atoms with Crippen molar-refractivity contribution in [2.24, 2.45) is 11.0 Å². The van der Waals surface area contributed by atoms with Gasteiger partial charge in [0.1, 0.15) is 18.4 Å². The number of ether oxygens (including phenoxy) is 1. The van der Waals surface area contributed by atoms with Crippen molar-refractivity contribution in [3.8, 4) is 5.75 Å². The number of carbonyl (C=O) groups excluding carboxylic acids is 2. The predicted octanol–water partition coefficient (Wildman–Crippen LogP) is 3.81. The van der Waals surface area contributed by atoms with Crippen molar-refractivity contribution in [2.45, 2.75) is 19.9 Å². The average Bonchev–Trinajstić information content (AvgIpc) is 2.71. The molecule has 2 aromatic carbocycles.